The third-order valence-corrected chi connectivity index (χ3v) is 9.07. The summed E-state index contributed by atoms with van der Waals surface area (Å²) in [5.74, 6) is -1.61. The first-order valence-electron chi connectivity index (χ1n) is 15.7. The Morgan fingerprint density at radius 1 is 0.870 bits per heavy atom. The number of benzene rings is 3. The van der Waals surface area contributed by atoms with Crippen molar-refractivity contribution in [2.75, 3.05) is 20.1 Å². The minimum Gasteiger partial charge on any atom is -0.357 e. The number of amides is 4. The van der Waals surface area contributed by atoms with Crippen LogP contribution in [0.4, 0.5) is 0 Å². The molecule has 6 atom stereocenters. The number of rotatable bonds is 9. The molecular weight excluding hydrogens is 580 g/mol. The lowest BCUT2D eigenvalue weighted by Crippen LogP contribution is -2.57. The van der Waals surface area contributed by atoms with E-state index in [0.717, 1.165) is 11.1 Å². The van der Waals surface area contributed by atoms with E-state index in [2.05, 4.69) is 16.7 Å². The van der Waals surface area contributed by atoms with Gasteiger partial charge in [-0.3, -0.25) is 19.2 Å². The second-order valence-corrected chi connectivity index (χ2v) is 12.2. The number of hydrogen-bond acceptors (Lipinski definition) is 6. The quantitative estimate of drug-likeness (QED) is 0.335. The molecule has 10 heteroatoms. The number of likely N-dealkylation sites (N-methyl/N-ethyl adjacent to an activating group) is 1. The van der Waals surface area contributed by atoms with E-state index in [1.54, 1.807) is 41.1 Å². The number of nitriles is 1. The minimum atomic E-state index is -1.03. The molecule has 4 N–H and O–H groups in total. The SMILES string of the molecule is CNC(=O)C1CC(c2ccccc2)CN1C(=O)C1CC(c2ccccc2)CN1C(=O)C(Cc1cccc(C#N)c1)NC(=O)C(C)N. The highest BCUT2D eigenvalue weighted by atomic mass is 16.2. The Bertz CT molecular complexity index is 1610. The molecule has 6 unspecified atom stereocenters. The Hall–Kier alpha value is -5.01. The summed E-state index contributed by atoms with van der Waals surface area (Å²) in [5, 5.41) is 14.9. The monoisotopic (exact) mass is 620 g/mol. The lowest BCUT2D eigenvalue weighted by Gasteiger charge is -2.33. The number of nitrogens with one attached hydrogen (secondary N) is 2. The number of likely N-dealkylation sites (tertiary alicyclic amines) is 2. The van der Waals surface area contributed by atoms with Gasteiger partial charge in [0, 0.05) is 38.4 Å². The molecule has 2 aliphatic rings. The van der Waals surface area contributed by atoms with Crippen LogP contribution in [0.2, 0.25) is 0 Å². The molecule has 0 bridgehead atoms. The van der Waals surface area contributed by atoms with Crippen molar-refractivity contribution >= 4 is 23.6 Å². The second-order valence-electron chi connectivity index (χ2n) is 12.2. The summed E-state index contributed by atoms with van der Waals surface area (Å²) < 4.78 is 0. The van der Waals surface area contributed by atoms with Crippen LogP contribution < -0.4 is 16.4 Å². The summed E-state index contributed by atoms with van der Waals surface area (Å²) >= 11 is 0. The molecule has 2 fully saturated rings. The Morgan fingerprint density at radius 2 is 1.46 bits per heavy atom. The zero-order valence-electron chi connectivity index (χ0n) is 26.1. The van der Waals surface area contributed by atoms with Gasteiger partial charge in [0.05, 0.1) is 17.7 Å². The highest BCUT2D eigenvalue weighted by Crippen LogP contribution is 2.37. The van der Waals surface area contributed by atoms with E-state index in [9.17, 15) is 24.4 Å². The lowest BCUT2D eigenvalue weighted by molar-refractivity contribution is -0.147. The molecular formula is C36H40N6O4. The highest BCUT2D eigenvalue weighted by molar-refractivity contribution is 5.96. The number of nitrogens with two attached hydrogens (primary N) is 1. The van der Waals surface area contributed by atoms with Crippen LogP contribution in [-0.2, 0) is 25.6 Å². The van der Waals surface area contributed by atoms with Gasteiger partial charge in [-0.2, -0.15) is 5.26 Å². The summed E-state index contributed by atoms with van der Waals surface area (Å²) in [7, 11) is 1.56. The van der Waals surface area contributed by atoms with E-state index in [0.29, 0.717) is 30.5 Å². The maximum absolute atomic E-state index is 14.6. The molecule has 2 saturated heterocycles. The van der Waals surface area contributed by atoms with Gasteiger partial charge in [0.1, 0.15) is 18.1 Å². The minimum absolute atomic E-state index is 0.0339. The smallest absolute Gasteiger partial charge is 0.246 e. The van der Waals surface area contributed by atoms with Crippen LogP contribution in [0.15, 0.2) is 84.9 Å². The molecule has 0 aromatic heterocycles. The van der Waals surface area contributed by atoms with Crippen LogP contribution in [0.3, 0.4) is 0 Å². The van der Waals surface area contributed by atoms with Gasteiger partial charge in [-0.15, -0.1) is 0 Å². The van der Waals surface area contributed by atoms with Crippen LogP contribution in [0.25, 0.3) is 0 Å². The van der Waals surface area contributed by atoms with Crippen molar-refractivity contribution in [2.24, 2.45) is 5.73 Å². The summed E-state index contributed by atoms with van der Waals surface area (Å²) in [6, 6.07) is 25.1. The lowest BCUT2D eigenvalue weighted by atomic mass is 9.96. The van der Waals surface area contributed by atoms with E-state index in [-0.39, 0.29) is 36.6 Å². The molecule has 238 valence electrons. The van der Waals surface area contributed by atoms with Crippen molar-refractivity contribution in [2.45, 2.75) is 62.2 Å². The fourth-order valence-electron chi connectivity index (χ4n) is 6.64. The number of nitrogens with zero attached hydrogens (tertiary/aromatic N) is 3. The average molecular weight is 621 g/mol. The second kappa shape index (κ2) is 14.4. The van der Waals surface area contributed by atoms with Crippen molar-refractivity contribution < 1.29 is 19.2 Å². The van der Waals surface area contributed by atoms with Crippen LogP contribution in [0.5, 0.6) is 0 Å². The number of hydrogen-bond donors (Lipinski definition) is 3. The van der Waals surface area contributed by atoms with Crippen LogP contribution in [0.1, 0.15) is 53.9 Å². The van der Waals surface area contributed by atoms with Gasteiger partial charge in [-0.1, -0.05) is 72.8 Å². The van der Waals surface area contributed by atoms with E-state index in [1.165, 1.54) is 6.92 Å². The summed E-state index contributed by atoms with van der Waals surface area (Å²) in [5.41, 5.74) is 9.04. The molecule has 10 nitrogen and oxygen atoms in total. The van der Waals surface area contributed by atoms with Crippen LogP contribution >= 0.6 is 0 Å². The Balaban J connectivity index is 1.49. The molecule has 46 heavy (non-hydrogen) atoms. The van der Waals surface area contributed by atoms with E-state index < -0.39 is 36.0 Å². The molecule has 4 amide bonds. The van der Waals surface area contributed by atoms with Crippen molar-refractivity contribution in [3.05, 3.63) is 107 Å². The number of carbonyl (C=O) groups is 4. The Morgan fingerprint density at radius 3 is 2.02 bits per heavy atom. The zero-order chi connectivity index (χ0) is 32.8. The van der Waals surface area contributed by atoms with Crippen LogP contribution in [-0.4, -0.2) is 77.7 Å². The van der Waals surface area contributed by atoms with Crippen molar-refractivity contribution in [3.63, 3.8) is 0 Å². The van der Waals surface area contributed by atoms with Crippen molar-refractivity contribution in [3.8, 4) is 6.07 Å². The summed E-state index contributed by atoms with van der Waals surface area (Å²) in [4.78, 5) is 58.2. The molecule has 3 aromatic carbocycles. The van der Waals surface area contributed by atoms with Gasteiger partial charge < -0.3 is 26.2 Å². The van der Waals surface area contributed by atoms with Gasteiger partial charge in [0.25, 0.3) is 0 Å². The fourth-order valence-corrected chi connectivity index (χ4v) is 6.64. The average Bonchev–Trinajstić information content (AvgIpc) is 3.74. The largest absolute Gasteiger partial charge is 0.357 e. The van der Waals surface area contributed by atoms with E-state index in [1.807, 2.05) is 60.7 Å². The Labute approximate surface area is 269 Å². The summed E-state index contributed by atoms with van der Waals surface area (Å²) in [6.45, 7) is 2.15. The van der Waals surface area contributed by atoms with E-state index in [4.69, 9.17) is 5.73 Å². The van der Waals surface area contributed by atoms with Gasteiger partial charge in [0.15, 0.2) is 0 Å². The molecule has 0 radical (unpaired) electrons. The van der Waals surface area contributed by atoms with Crippen LogP contribution in [0, 0.1) is 11.3 Å². The first-order valence-corrected chi connectivity index (χ1v) is 15.7. The molecule has 3 aromatic rings. The topological polar surface area (TPSA) is 149 Å². The molecule has 0 aliphatic carbocycles. The Kier molecular flexibility index (Phi) is 10.1. The zero-order valence-corrected chi connectivity index (χ0v) is 26.1. The third kappa shape index (κ3) is 7.11. The normalized spacial score (nSPS) is 22.0. The van der Waals surface area contributed by atoms with E-state index >= 15 is 0 Å². The highest BCUT2D eigenvalue weighted by Gasteiger charge is 2.48. The third-order valence-electron chi connectivity index (χ3n) is 9.07. The molecule has 0 saturated carbocycles. The maximum Gasteiger partial charge on any atom is 0.246 e. The first-order chi connectivity index (χ1) is 22.2. The predicted octanol–water partition coefficient (Wildman–Crippen LogP) is 2.45. The maximum atomic E-state index is 14.6. The molecule has 0 spiro atoms. The molecule has 2 heterocycles. The van der Waals surface area contributed by atoms with Gasteiger partial charge in [-0.05, 0) is 48.6 Å². The fraction of sp³-hybridized carbons (Fsp3) is 0.361. The first kappa shape index (κ1) is 32.4. The predicted molar refractivity (Wildman–Crippen MR) is 173 cm³/mol. The molecule has 5 rings (SSSR count). The van der Waals surface area contributed by atoms with Crippen molar-refractivity contribution in [1.29, 1.82) is 5.26 Å². The standard InChI is InChI=1S/C36H40N6O4/c1-23(38)33(43)40-30(17-24-10-9-11-25(16-24)20-37)35(45)42-22-29(27-14-7-4-8-15-27)19-32(42)36(46)41-21-28(18-31(41)34(44)39-2)26-12-5-3-6-13-26/h3-16,23,28-32H,17-19,21-22,38H2,1-2H3,(H,39,44)(H,40,43). The van der Waals surface area contributed by atoms with Gasteiger partial charge in [0.2, 0.25) is 23.6 Å². The number of carbonyl (C=O) groups excluding carboxylic acids is 4. The van der Waals surface area contributed by atoms with Gasteiger partial charge >= 0.3 is 0 Å². The van der Waals surface area contributed by atoms with Gasteiger partial charge in [-0.25, -0.2) is 0 Å². The molecule has 2 aliphatic heterocycles. The summed E-state index contributed by atoms with van der Waals surface area (Å²) in [6.07, 6.45) is 0.959. The van der Waals surface area contributed by atoms with Crippen molar-refractivity contribution in [1.82, 2.24) is 20.4 Å².